The number of esters is 4. The van der Waals surface area contributed by atoms with E-state index < -0.39 is 97.5 Å². The van der Waals surface area contributed by atoms with Crippen molar-refractivity contribution in [3.8, 4) is 0 Å². The average Bonchev–Trinajstić information content (AvgIpc) is 2.53. The number of hydrogen-bond acceptors (Lipinski definition) is 15. The maximum Gasteiger partial charge on any atom is 0.472 e. The second-order valence-electron chi connectivity index (χ2n) is 29.3. The number of aliphatic hydroxyl groups is 1. The SMILES string of the molecule is CCCCCCCCCCCCCC(=O)OC[C@H](COP(=O)(O)OC[C@H](O)COP(=O)(O)OC[C@@H](COC(=O)CCCCCCCCCCCCCCCCC(C)C)OC(=O)CCCCCCCCCCCCCCCCC(C)C)OC(=O)CCCCCCCCCCC(C)CC. The van der Waals surface area contributed by atoms with Crippen molar-refractivity contribution in [2.75, 3.05) is 39.6 Å². The summed E-state index contributed by atoms with van der Waals surface area (Å²) in [6, 6.07) is 0. The lowest BCUT2D eigenvalue weighted by atomic mass is 9.99. The first kappa shape index (κ1) is 95.1. The Balaban J connectivity index is 5.25. The number of phosphoric ester groups is 2. The normalized spacial score (nSPS) is 14.3. The van der Waals surface area contributed by atoms with Crippen molar-refractivity contribution >= 4 is 39.5 Å². The van der Waals surface area contributed by atoms with Crippen molar-refractivity contribution in [3.05, 3.63) is 0 Å². The van der Waals surface area contributed by atoms with Crippen molar-refractivity contribution in [1.29, 1.82) is 0 Å². The van der Waals surface area contributed by atoms with Crippen LogP contribution in [0, 0.1) is 17.8 Å². The number of carbonyl (C=O) groups excluding carboxylic acids is 4. The van der Waals surface area contributed by atoms with Crippen molar-refractivity contribution in [3.63, 3.8) is 0 Å². The van der Waals surface area contributed by atoms with E-state index in [1.165, 1.54) is 212 Å². The lowest BCUT2D eigenvalue weighted by Crippen LogP contribution is -2.30. The van der Waals surface area contributed by atoms with Crippen molar-refractivity contribution in [2.45, 2.75) is 420 Å². The van der Waals surface area contributed by atoms with Gasteiger partial charge in [0.2, 0.25) is 0 Å². The van der Waals surface area contributed by atoms with Gasteiger partial charge >= 0.3 is 39.5 Å². The second kappa shape index (κ2) is 68.5. The summed E-state index contributed by atoms with van der Waals surface area (Å²) in [5.41, 5.74) is 0. The molecule has 3 N–H and O–H groups in total. The summed E-state index contributed by atoms with van der Waals surface area (Å²) in [5, 5.41) is 10.6. The van der Waals surface area contributed by atoms with Gasteiger partial charge in [-0.15, -0.1) is 0 Å². The molecule has 0 fully saturated rings. The van der Waals surface area contributed by atoms with E-state index in [-0.39, 0.29) is 25.7 Å². The summed E-state index contributed by atoms with van der Waals surface area (Å²) in [4.78, 5) is 72.9. The fraction of sp³-hybridized carbons (Fsp3) is 0.949. The van der Waals surface area contributed by atoms with E-state index in [0.29, 0.717) is 25.7 Å². The molecular weight excluding hydrogens is 1270 g/mol. The molecule has 3 unspecified atom stereocenters. The van der Waals surface area contributed by atoms with Crippen LogP contribution in [0.5, 0.6) is 0 Å². The first-order chi connectivity index (χ1) is 46.8. The monoisotopic (exact) mass is 1420 g/mol. The highest BCUT2D eigenvalue weighted by molar-refractivity contribution is 7.47. The fourth-order valence-electron chi connectivity index (χ4n) is 11.9. The highest BCUT2D eigenvalue weighted by atomic mass is 31.2. The van der Waals surface area contributed by atoms with Crippen LogP contribution in [0.2, 0.25) is 0 Å². The van der Waals surface area contributed by atoms with E-state index in [9.17, 15) is 43.2 Å². The Bertz CT molecular complexity index is 1890. The molecule has 0 spiro atoms. The van der Waals surface area contributed by atoms with E-state index in [2.05, 4.69) is 48.5 Å². The summed E-state index contributed by atoms with van der Waals surface area (Å²) in [5.74, 6) is 0.249. The van der Waals surface area contributed by atoms with Gasteiger partial charge in [0, 0.05) is 25.7 Å². The molecule has 0 saturated carbocycles. The fourth-order valence-corrected chi connectivity index (χ4v) is 13.5. The maximum absolute atomic E-state index is 13.1. The Morgan fingerprint density at radius 1 is 0.299 bits per heavy atom. The Labute approximate surface area is 594 Å². The number of ether oxygens (including phenoxy) is 4. The molecule has 0 saturated heterocycles. The molecule has 576 valence electrons. The van der Waals surface area contributed by atoms with Gasteiger partial charge in [-0.3, -0.25) is 37.3 Å². The Kier molecular flexibility index (Phi) is 67.1. The molecule has 0 aliphatic heterocycles. The molecule has 0 heterocycles. The van der Waals surface area contributed by atoms with Crippen LogP contribution in [-0.2, 0) is 65.4 Å². The molecule has 97 heavy (non-hydrogen) atoms. The predicted octanol–water partition coefficient (Wildman–Crippen LogP) is 23.0. The summed E-state index contributed by atoms with van der Waals surface area (Å²) in [6.07, 6.45) is 55.3. The van der Waals surface area contributed by atoms with E-state index in [1.54, 1.807) is 0 Å². The van der Waals surface area contributed by atoms with Gasteiger partial charge in [0.25, 0.3) is 0 Å². The van der Waals surface area contributed by atoms with Gasteiger partial charge in [0.15, 0.2) is 12.2 Å². The van der Waals surface area contributed by atoms with Crippen molar-refractivity contribution in [1.82, 2.24) is 0 Å². The summed E-state index contributed by atoms with van der Waals surface area (Å²) < 4.78 is 68.6. The van der Waals surface area contributed by atoms with Crippen LogP contribution in [0.25, 0.3) is 0 Å². The van der Waals surface area contributed by atoms with Gasteiger partial charge in [0.05, 0.1) is 26.4 Å². The highest BCUT2D eigenvalue weighted by Crippen LogP contribution is 2.45. The Morgan fingerprint density at radius 2 is 0.526 bits per heavy atom. The van der Waals surface area contributed by atoms with Crippen LogP contribution in [-0.4, -0.2) is 96.7 Å². The molecular formula is C78H152O17P2. The van der Waals surface area contributed by atoms with Gasteiger partial charge < -0.3 is 33.8 Å². The van der Waals surface area contributed by atoms with Crippen LogP contribution < -0.4 is 0 Å². The number of aliphatic hydroxyl groups excluding tert-OH is 1. The van der Waals surface area contributed by atoms with Crippen LogP contribution in [0.4, 0.5) is 0 Å². The minimum Gasteiger partial charge on any atom is -0.462 e. The third kappa shape index (κ3) is 70.9. The van der Waals surface area contributed by atoms with E-state index >= 15 is 0 Å². The number of phosphoric acid groups is 2. The largest absolute Gasteiger partial charge is 0.472 e. The molecule has 0 aliphatic rings. The molecule has 0 radical (unpaired) electrons. The molecule has 0 aliphatic carbocycles. The highest BCUT2D eigenvalue weighted by Gasteiger charge is 2.30. The number of carbonyl (C=O) groups is 4. The quantitative estimate of drug-likeness (QED) is 0.0222. The van der Waals surface area contributed by atoms with E-state index in [4.69, 9.17) is 37.0 Å². The zero-order valence-corrected chi connectivity index (χ0v) is 65.3. The van der Waals surface area contributed by atoms with Crippen molar-refractivity contribution in [2.24, 2.45) is 17.8 Å². The molecule has 0 amide bonds. The molecule has 6 atom stereocenters. The van der Waals surface area contributed by atoms with Gasteiger partial charge in [-0.25, -0.2) is 9.13 Å². The Hall–Kier alpha value is -1.94. The zero-order valence-electron chi connectivity index (χ0n) is 63.5. The van der Waals surface area contributed by atoms with Crippen LogP contribution in [0.15, 0.2) is 0 Å². The minimum atomic E-state index is -4.96. The number of unbranched alkanes of at least 4 members (excludes halogenated alkanes) is 43. The third-order valence-electron chi connectivity index (χ3n) is 18.5. The first-order valence-corrected chi connectivity index (χ1v) is 43.4. The second-order valence-corrected chi connectivity index (χ2v) is 32.2. The Morgan fingerprint density at radius 3 is 0.784 bits per heavy atom. The van der Waals surface area contributed by atoms with Gasteiger partial charge in [0.1, 0.15) is 19.3 Å². The van der Waals surface area contributed by atoms with Crippen LogP contribution >= 0.6 is 15.6 Å². The molecule has 19 heteroatoms. The van der Waals surface area contributed by atoms with E-state index in [1.807, 2.05) is 0 Å². The lowest BCUT2D eigenvalue weighted by Gasteiger charge is -2.21. The smallest absolute Gasteiger partial charge is 0.462 e. The van der Waals surface area contributed by atoms with Gasteiger partial charge in [-0.1, -0.05) is 350 Å². The average molecular weight is 1420 g/mol. The first-order valence-electron chi connectivity index (χ1n) is 40.4. The summed E-state index contributed by atoms with van der Waals surface area (Å²) in [7, 11) is -9.92. The standard InChI is InChI=1S/C78H152O17P2/c1-8-10-11-12-13-14-23-30-38-45-52-59-75(80)88-66-74(95-78(83)62-55-48-41-34-33-37-44-51-58-71(7)9-2)68-93-97(86,87)91-64-72(79)63-90-96(84,85)92-67-73(94-77(82)61-54-47-40-32-27-22-18-16-20-25-29-36-43-50-57-70(5)6)65-89-76(81)60-53-46-39-31-26-21-17-15-19-24-28-35-42-49-56-69(3)4/h69-74,79H,8-68H2,1-7H3,(H,84,85)(H,86,87)/t71?,72-,73-,74-/m1/s1. The molecule has 17 nitrogen and oxygen atoms in total. The molecule has 0 rings (SSSR count). The van der Waals surface area contributed by atoms with Crippen LogP contribution in [0.1, 0.15) is 402 Å². The van der Waals surface area contributed by atoms with Gasteiger partial charge in [-0.2, -0.15) is 0 Å². The molecule has 0 aromatic carbocycles. The van der Waals surface area contributed by atoms with Crippen molar-refractivity contribution < 1.29 is 80.2 Å². The molecule has 0 aromatic heterocycles. The minimum absolute atomic E-state index is 0.105. The van der Waals surface area contributed by atoms with Gasteiger partial charge in [-0.05, 0) is 43.4 Å². The van der Waals surface area contributed by atoms with E-state index in [0.717, 1.165) is 108 Å². The molecule has 0 aromatic rings. The van der Waals surface area contributed by atoms with Crippen LogP contribution in [0.3, 0.4) is 0 Å². The summed E-state index contributed by atoms with van der Waals surface area (Å²) in [6.45, 7) is 12.0. The number of hydrogen-bond donors (Lipinski definition) is 3. The predicted molar refractivity (Wildman–Crippen MR) is 395 cm³/mol. The zero-order chi connectivity index (χ0) is 71.6. The molecule has 0 bridgehead atoms. The summed E-state index contributed by atoms with van der Waals surface area (Å²) >= 11 is 0. The maximum atomic E-state index is 13.1. The lowest BCUT2D eigenvalue weighted by molar-refractivity contribution is -0.161. The number of rotatable bonds is 76. The third-order valence-corrected chi connectivity index (χ3v) is 20.4. The topological polar surface area (TPSA) is 237 Å².